The number of carbonyl (C=O) groups excluding carboxylic acids is 3. The Hall–Kier alpha value is -4.11. The van der Waals surface area contributed by atoms with Gasteiger partial charge in [0.15, 0.2) is 5.69 Å². The van der Waals surface area contributed by atoms with Gasteiger partial charge in [0.1, 0.15) is 16.4 Å². The van der Waals surface area contributed by atoms with Gasteiger partial charge in [-0.2, -0.15) is 13.2 Å². The van der Waals surface area contributed by atoms with E-state index in [1.54, 1.807) is 6.92 Å². The van der Waals surface area contributed by atoms with E-state index in [4.69, 9.17) is 9.47 Å². The van der Waals surface area contributed by atoms with Crippen LogP contribution in [0.4, 0.5) is 23.8 Å². The highest BCUT2D eigenvalue weighted by atomic mass is 32.1. The summed E-state index contributed by atoms with van der Waals surface area (Å²) in [5.41, 5.74) is -1.05. The summed E-state index contributed by atoms with van der Waals surface area (Å²) in [6.45, 7) is 1.86. The van der Waals surface area contributed by atoms with Crippen LogP contribution in [-0.2, 0) is 22.2 Å². The molecule has 224 valence electrons. The zero-order chi connectivity index (χ0) is 30.4. The zero-order valence-corrected chi connectivity index (χ0v) is 23.9. The van der Waals surface area contributed by atoms with Crippen molar-refractivity contribution in [3.63, 3.8) is 0 Å². The molecule has 0 saturated heterocycles. The molecule has 0 unspecified atom stereocenters. The molecule has 3 aromatic rings. The van der Waals surface area contributed by atoms with Crippen LogP contribution in [0.15, 0.2) is 24.7 Å². The fraction of sp³-hybridized carbons (Fsp3) is 0.407. The molecule has 42 heavy (non-hydrogen) atoms. The summed E-state index contributed by atoms with van der Waals surface area (Å²) in [5, 5.41) is 8.00. The number of rotatable bonds is 9. The highest BCUT2D eigenvalue weighted by Gasteiger charge is 2.39. The molecule has 3 N–H and O–H groups in total. The number of hydrogen-bond acceptors (Lipinski definition) is 10. The number of methoxy groups -OCH3 is 2. The van der Waals surface area contributed by atoms with Crippen LogP contribution in [0.2, 0.25) is 0 Å². The molecule has 3 heterocycles. The molecule has 3 aromatic heterocycles. The van der Waals surface area contributed by atoms with Crippen molar-refractivity contribution < 1.29 is 37.0 Å². The highest BCUT2D eigenvalue weighted by molar-refractivity contribution is 7.15. The van der Waals surface area contributed by atoms with Crippen LogP contribution >= 0.6 is 11.3 Å². The van der Waals surface area contributed by atoms with Gasteiger partial charge >= 0.3 is 24.1 Å². The largest absolute Gasteiger partial charge is 0.465 e. The Kier molecular flexibility index (Phi) is 9.73. The second-order valence-corrected chi connectivity index (χ2v) is 10.4. The van der Waals surface area contributed by atoms with Crippen LogP contribution < -0.4 is 16.0 Å². The van der Waals surface area contributed by atoms with Crippen LogP contribution in [0, 0.1) is 0 Å². The van der Waals surface area contributed by atoms with Gasteiger partial charge in [0.2, 0.25) is 0 Å². The minimum atomic E-state index is -4.78. The Morgan fingerprint density at radius 1 is 1.07 bits per heavy atom. The van der Waals surface area contributed by atoms with Crippen molar-refractivity contribution in [3.8, 4) is 21.7 Å². The molecular weight excluding hydrogens is 577 g/mol. The second kappa shape index (κ2) is 13.2. The Balaban J connectivity index is 1.96. The predicted octanol–water partition coefficient (Wildman–Crippen LogP) is 5.03. The number of hydrogen-bond donors (Lipinski definition) is 3. The molecular formula is C27H29F3N6O5S. The highest BCUT2D eigenvalue weighted by Crippen LogP contribution is 2.43. The summed E-state index contributed by atoms with van der Waals surface area (Å²) in [7, 11) is 2.28. The zero-order valence-electron chi connectivity index (χ0n) is 23.1. The van der Waals surface area contributed by atoms with Gasteiger partial charge in [-0.3, -0.25) is 10.3 Å². The summed E-state index contributed by atoms with van der Waals surface area (Å²) in [4.78, 5) is 49.9. The Bertz CT molecular complexity index is 1470. The second-order valence-electron chi connectivity index (χ2n) is 9.35. The molecule has 1 saturated carbocycles. The van der Waals surface area contributed by atoms with Crippen molar-refractivity contribution in [2.75, 3.05) is 26.1 Å². The van der Waals surface area contributed by atoms with Crippen LogP contribution in [0.3, 0.4) is 0 Å². The van der Waals surface area contributed by atoms with Crippen LogP contribution in [-0.4, -0.2) is 59.7 Å². The van der Waals surface area contributed by atoms with E-state index >= 15 is 0 Å². The molecule has 0 radical (unpaired) electrons. The number of aromatic nitrogens is 3. The minimum Gasteiger partial charge on any atom is -0.465 e. The fourth-order valence-corrected chi connectivity index (χ4v) is 5.74. The lowest BCUT2D eigenvalue weighted by Gasteiger charge is -2.16. The lowest BCUT2D eigenvalue weighted by atomic mass is 9.97. The van der Waals surface area contributed by atoms with Gasteiger partial charge in [-0.25, -0.2) is 24.4 Å². The van der Waals surface area contributed by atoms with Crippen molar-refractivity contribution >= 4 is 35.1 Å². The quantitative estimate of drug-likeness (QED) is 0.286. The molecule has 0 aliphatic heterocycles. The number of urea groups is 1. The third kappa shape index (κ3) is 6.85. The molecule has 1 aliphatic carbocycles. The maximum atomic E-state index is 14.2. The Morgan fingerprint density at radius 2 is 1.79 bits per heavy atom. The Labute approximate surface area is 243 Å². The number of pyridine rings is 2. The number of amides is 2. The smallest absolute Gasteiger partial charge is 0.434 e. The summed E-state index contributed by atoms with van der Waals surface area (Å²) < 4.78 is 52.4. The topological polar surface area (TPSA) is 144 Å². The number of nitrogens with zero attached hydrogens (tertiary/aromatic N) is 3. The minimum absolute atomic E-state index is 0.0571. The summed E-state index contributed by atoms with van der Waals surface area (Å²) >= 11 is 0.757. The SMILES string of the molecule is CCNC(=O)Nc1ncc(-c2cncc(C(=O)OC)c2)c(-c2nc(C(F)(F)F)c(CNC3CCCC3)s2)c1C(=O)OC. The number of ether oxygens (including phenoxy) is 2. The number of anilines is 1. The third-order valence-corrected chi connectivity index (χ3v) is 7.67. The molecule has 0 spiro atoms. The maximum absolute atomic E-state index is 14.2. The number of nitrogens with one attached hydrogen (secondary N) is 3. The third-order valence-electron chi connectivity index (χ3n) is 6.59. The van der Waals surface area contributed by atoms with Crippen LogP contribution in [0.25, 0.3) is 21.7 Å². The number of esters is 2. The molecule has 0 atom stereocenters. The van der Waals surface area contributed by atoms with E-state index in [1.165, 1.54) is 31.8 Å². The molecule has 0 bridgehead atoms. The molecule has 2 amide bonds. The monoisotopic (exact) mass is 606 g/mol. The van der Waals surface area contributed by atoms with Gasteiger partial charge in [-0.15, -0.1) is 11.3 Å². The van der Waals surface area contributed by atoms with Crippen LogP contribution in [0.1, 0.15) is 63.9 Å². The van der Waals surface area contributed by atoms with E-state index in [0.717, 1.165) is 44.1 Å². The van der Waals surface area contributed by atoms with E-state index < -0.39 is 29.8 Å². The fourth-order valence-electron chi connectivity index (χ4n) is 4.64. The molecule has 1 aliphatic rings. The first kappa shape index (κ1) is 30.8. The van der Waals surface area contributed by atoms with Crippen molar-refractivity contribution in [2.24, 2.45) is 0 Å². The molecule has 11 nitrogen and oxygen atoms in total. The van der Waals surface area contributed by atoms with Crippen molar-refractivity contribution in [2.45, 2.75) is 51.4 Å². The van der Waals surface area contributed by atoms with E-state index in [0.29, 0.717) is 0 Å². The average molecular weight is 607 g/mol. The molecule has 0 aromatic carbocycles. The first-order valence-corrected chi connectivity index (χ1v) is 13.9. The number of halogens is 3. The van der Waals surface area contributed by atoms with Gasteiger partial charge in [0, 0.05) is 54.4 Å². The molecule has 1 fully saturated rings. The average Bonchev–Trinajstić information content (AvgIpc) is 3.65. The van der Waals surface area contributed by atoms with Gasteiger partial charge in [-0.05, 0) is 25.8 Å². The number of carbonyl (C=O) groups is 3. The maximum Gasteiger partial charge on any atom is 0.434 e. The lowest BCUT2D eigenvalue weighted by molar-refractivity contribution is -0.141. The summed E-state index contributed by atoms with van der Waals surface area (Å²) in [6, 6.07) is 0.802. The normalized spacial score (nSPS) is 13.6. The molecule has 4 rings (SSSR count). The van der Waals surface area contributed by atoms with Gasteiger partial charge in [0.25, 0.3) is 0 Å². The summed E-state index contributed by atoms with van der Waals surface area (Å²) in [6.07, 6.45) is 2.82. The standard InChI is InChI=1S/C27H29F3N6O5S/c1-4-32-26(39)36-22-20(25(38)41-3)19(17(12-34-22)14-9-15(11-31-10-14)24(37)40-2)23-35-21(27(28,29)30)18(42-23)13-33-16-7-5-6-8-16/h9-12,16,33H,4-8,13H2,1-3H3,(H2,32,34,36,39). The van der Waals surface area contributed by atoms with Gasteiger partial charge in [0.05, 0.1) is 24.7 Å². The number of thiazole rings is 1. The first-order valence-electron chi connectivity index (χ1n) is 13.1. The first-order chi connectivity index (χ1) is 20.1. The summed E-state index contributed by atoms with van der Waals surface area (Å²) in [5.74, 6) is -1.92. The van der Waals surface area contributed by atoms with E-state index in [2.05, 4.69) is 30.9 Å². The predicted molar refractivity (Wildman–Crippen MR) is 148 cm³/mol. The van der Waals surface area contributed by atoms with Crippen molar-refractivity contribution in [1.29, 1.82) is 0 Å². The van der Waals surface area contributed by atoms with Crippen molar-refractivity contribution in [1.82, 2.24) is 25.6 Å². The lowest BCUT2D eigenvalue weighted by Crippen LogP contribution is -2.29. The van der Waals surface area contributed by atoms with E-state index in [1.807, 2.05) is 0 Å². The van der Waals surface area contributed by atoms with Gasteiger partial charge in [-0.1, -0.05) is 12.8 Å². The van der Waals surface area contributed by atoms with E-state index in [-0.39, 0.29) is 62.7 Å². The van der Waals surface area contributed by atoms with Crippen molar-refractivity contribution in [3.05, 3.63) is 46.4 Å². The van der Waals surface area contributed by atoms with E-state index in [9.17, 15) is 27.6 Å². The van der Waals surface area contributed by atoms with Gasteiger partial charge < -0.3 is 20.1 Å². The Morgan fingerprint density at radius 3 is 2.43 bits per heavy atom. The number of alkyl halides is 3. The van der Waals surface area contributed by atoms with Crippen LogP contribution in [0.5, 0.6) is 0 Å². The molecule has 15 heteroatoms.